The highest BCUT2D eigenvalue weighted by molar-refractivity contribution is 6.30. The van der Waals surface area contributed by atoms with Crippen molar-refractivity contribution >= 4 is 23.3 Å². The predicted octanol–water partition coefficient (Wildman–Crippen LogP) is 5.08. The second-order valence-electron chi connectivity index (χ2n) is 7.39. The Morgan fingerprint density at radius 2 is 1.62 bits per heavy atom. The van der Waals surface area contributed by atoms with Gasteiger partial charge < -0.3 is 14.5 Å². The number of nitrogens with zero attached hydrogens (tertiary/aromatic N) is 6. The third kappa shape index (κ3) is 5.28. The molecule has 10 heteroatoms. The molecule has 0 spiro atoms. The third-order valence-corrected chi connectivity index (χ3v) is 5.30. The predicted molar refractivity (Wildman–Crippen MR) is 126 cm³/mol. The molecule has 170 valence electrons. The van der Waals surface area contributed by atoms with Crippen LogP contribution in [0.2, 0.25) is 5.02 Å². The molecule has 0 bridgehead atoms. The zero-order valence-corrected chi connectivity index (χ0v) is 18.7. The Labute approximate surface area is 200 Å². The fourth-order valence-electron chi connectivity index (χ4n) is 3.39. The largest absolute Gasteiger partial charge is 0.405 e. The van der Waals surface area contributed by atoms with Crippen LogP contribution in [0, 0.1) is 0 Å². The standard InChI is InChI=1S/C24H20ClN7O2/c25-19-13-11-17(12-14-19)21(15-32-23(28-30-31-32)18-7-3-1-4-8-18)33-16-22-27-29-24(34-22)26-20-9-5-2-6-10-20/h1-14,21H,15-16H2,(H,26,29). The molecule has 5 rings (SSSR count). The fraction of sp³-hybridized carbons (Fsp3) is 0.125. The van der Waals surface area contributed by atoms with Gasteiger partial charge in [0.25, 0.3) is 0 Å². The first-order valence-corrected chi connectivity index (χ1v) is 11.0. The zero-order chi connectivity index (χ0) is 23.2. The van der Waals surface area contributed by atoms with Gasteiger partial charge in [0.1, 0.15) is 12.7 Å². The molecule has 0 amide bonds. The summed E-state index contributed by atoms with van der Waals surface area (Å²) in [7, 11) is 0. The van der Waals surface area contributed by atoms with Gasteiger partial charge in [0.05, 0.1) is 6.54 Å². The highest BCUT2D eigenvalue weighted by Crippen LogP contribution is 2.25. The Bertz CT molecular complexity index is 1320. The first-order chi connectivity index (χ1) is 16.7. The molecule has 0 aliphatic heterocycles. The van der Waals surface area contributed by atoms with Crippen LogP contribution in [0.1, 0.15) is 17.6 Å². The van der Waals surface area contributed by atoms with Gasteiger partial charge in [-0.2, -0.15) is 0 Å². The van der Waals surface area contributed by atoms with Gasteiger partial charge in [-0.05, 0) is 40.3 Å². The molecule has 0 aliphatic carbocycles. The van der Waals surface area contributed by atoms with Crippen LogP contribution in [0.5, 0.6) is 0 Å². The molecule has 0 aliphatic rings. The van der Waals surface area contributed by atoms with E-state index in [-0.39, 0.29) is 12.7 Å². The number of aromatic nitrogens is 6. The van der Waals surface area contributed by atoms with Gasteiger partial charge in [-0.15, -0.1) is 10.2 Å². The van der Waals surface area contributed by atoms with Gasteiger partial charge in [0, 0.05) is 16.3 Å². The van der Waals surface area contributed by atoms with E-state index >= 15 is 0 Å². The van der Waals surface area contributed by atoms with Crippen LogP contribution < -0.4 is 5.32 Å². The van der Waals surface area contributed by atoms with Crippen molar-refractivity contribution in [2.24, 2.45) is 0 Å². The van der Waals surface area contributed by atoms with Crippen molar-refractivity contribution in [2.75, 3.05) is 5.32 Å². The van der Waals surface area contributed by atoms with Crippen LogP contribution >= 0.6 is 11.6 Å². The molecule has 1 unspecified atom stereocenters. The van der Waals surface area contributed by atoms with Gasteiger partial charge >= 0.3 is 6.01 Å². The monoisotopic (exact) mass is 473 g/mol. The smallest absolute Gasteiger partial charge is 0.320 e. The topological polar surface area (TPSA) is 104 Å². The minimum absolute atomic E-state index is 0.111. The zero-order valence-electron chi connectivity index (χ0n) is 18.0. The van der Waals surface area contributed by atoms with E-state index in [0.717, 1.165) is 16.8 Å². The van der Waals surface area contributed by atoms with Crippen LogP contribution in [-0.2, 0) is 17.9 Å². The highest BCUT2D eigenvalue weighted by atomic mass is 35.5. The van der Waals surface area contributed by atoms with Crippen molar-refractivity contribution in [1.82, 2.24) is 30.4 Å². The number of para-hydroxylation sites is 1. The Morgan fingerprint density at radius 3 is 2.38 bits per heavy atom. The number of hydrogen-bond donors (Lipinski definition) is 1. The van der Waals surface area contributed by atoms with Crippen LogP contribution in [-0.4, -0.2) is 30.4 Å². The fourth-order valence-corrected chi connectivity index (χ4v) is 3.52. The molecule has 2 aromatic heterocycles. The molecule has 1 atom stereocenters. The Kier molecular flexibility index (Phi) is 6.55. The molecule has 1 N–H and O–H groups in total. The molecule has 0 saturated carbocycles. The molecule has 0 radical (unpaired) electrons. The third-order valence-electron chi connectivity index (χ3n) is 5.04. The van der Waals surface area contributed by atoms with Crippen molar-refractivity contribution in [3.05, 3.63) is 101 Å². The average molecular weight is 474 g/mol. The van der Waals surface area contributed by atoms with E-state index < -0.39 is 0 Å². The van der Waals surface area contributed by atoms with Crippen molar-refractivity contribution in [3.8, 4) is 11.4 Å². The number of rotatable bonds is 9. The van der Waals surface area contributed by atoms with E-state index in [4.69, 9.17) is 20.8 Å². The Morgan fingerprint density at radius 1 is 0.882 bits per heavy atom. The average Bonchev–Trinajstić information content (AvgIpc) is 3.53. The number of anilines is 2. The summed E-state index contributed by atoms with van der Waals surface area (Å²) in [6.07, 6.45) is -0.388. The second kappa shape index (κ2) is 10.2. The summed E-state index contributed by atoms with van der Waals surface area (Å²) in [6, 6.07) is 27.1. The number of nitrogens with one attached hydrogen (secondary N) is 1. The maximum Gasteiger partial charge on any atom is 0.320 e. The molecule has 9 nitrogen and oxygen atoms in total. The number of ether oxygens (including phenoxy) is 1. The molecular formula is C24H20ClN7O2. The van der Waals surface area contributed by atoms with Gasteiger partial charge in [-0.25, -0.2) is 4.68 Å². The summed E-state index contributed by atoms with van der Waals surface area (Å²) in [6.45, 7) is 0.488. The SMILES string of the molecule is Clc1ccc(C(Cn2nnnc2-c2ccccc2)OCc2nnc(Nc3ccccc3)o2)cc1. The lowest BCUT2D eigenvalue weighted by molar-refractivity contribution is 0.0147. The van der Waals surface area contributed by atoms with Crippen LogP contribution in [0.3, 0.4) is 0 Å². The van der Waals surface area contributed by atoms with Crippen molar-refractivity contribution in [3.63, 3.8) is 0 Å². The van der Waals surface area contributed by atoms with Gasteiger partial charge in [0.15, 0.2) is 5.82 Å². The summed E-state index contributed by atoms with van der Waals surface area (Å²) >= 11 is 6.09. The summed E-state index contributed by atoms with van der Waals surface area (Å²) in [4.78, 5) is 0. The molecule has 3 aromatic carbocycles. The molecule has 5 aromatic rings. The minimum atomic E-state index is -0.388. The van der Waals surface area contributed by atoms with Crippen LogP contribution in [0.4, 0.5) is 11.7 Å². The normalized spacial score (nSPS) is 11.9. The van der Waals surface area contributed by atoms with Crippen molar-refractivity contribution in [2.45, 2.75) is 19.3 Å². The van der Waals surface area contributed by atoms with Crippen molar-refractivity contribution < 1.29 is 9.15 Å². The molecule has 2 heterocycles. The Hall–Kier alpha value is -4.08. The van der Waals surface area contributed by atoms with E-state index in [1.54, 1.807) is 4.68 Å². The summed E-state index contributed by atoms with van der Waals surface area (Å²) in [5, 5.41) is 24.0. The molecule has 0 saturated heterocycles. The number of benzene rings is 3. The summed E-state index contributed by atoms with van der Waals surface area (Å²) in [5.41, 5.74) is 2.68. The molecular weight excluding hydrogens is 454 g/mol. The lowest BCUT2D eigenvalue weighted by Gasteiger charge is -2.18. The Balaban J connectivity index is 1.33. The first-order valence-electron chi connectivity index (χ1n) is 10.6. The lowest BCUT2D eigenvalue weighted by Crippen LogP contribution is -2.15. The first kappa shape index (κ1) is 21.7. The van der Waals surface area contributed by atoms with Gasteiger partial charge in [-0.1, -0.05) is 77.4 Å². The number of hydrogen-bond acceptors (Lipinski definition) is 8. The minimum Gasteiger partial charge on any atom is -0.405 e. The van der Waals surface area contributed by atoms with E-state index in [1.165, 1.54) is 0 Å². The maximum atomic E-state index is 6.20. The number of tetrazole rings is 1. The maximum absolute atomic E-state index is 6.20. The lowest BCUT2D eigenvalue weighted by atomic mass is 10.1. The van der Waals surface area contributed by atoms with Crippen LogP contribution in [0.25, 0.3) is 11.4 Å². The van der Waals surface area contributed by atoms with E-state index in [1.807, 2.05) is 84.9 Å². The summed E-state index contributed by atoms with van der Waals surface area (Å²) in [5.74, 6) is 0.993. The second-order valence-corrected chi connectivity index (χ2v) is 7.83. The van der Waals surface area contributed by atoms with Gasteiger partial charge in [-0.3, -0.25) is 0 Å². The van der Waals surface area contributed by atoms with Crippen LogP contribution in [0.15, 0.2) is 89.3 Å². The van der Waals surface area contributed by atoms with Gasteiger partial charge in [0.2, 0.25) is 5.89 Å². The van der Waals surface area contributed by atoms with E-state index in [0.29, 0.717) is 29.3 Å². The summed E-state index contributed by atoms with van der Waals surface area (Å²) < 4.78 is 13.6. The van der Waals surface area contributed by atoms with E-state index in [2.05, 4.69) is 31.0 Å². The number of halogens is 1. The van der Waals surface area contributed by atoms with E-state index in [9.17, 15) is 0 Å². The molecule has 34 heavy (non-hydrogen) atoms. The molecule has 0 fully saturated rings. The highest BCUT2D eigenvalue weighted by Gasteiger charge is 2.19. The van der Waals surface area contributed by atoms with Crippen molar-refractivity contribution in [1.29, 1.82) is 0 Å². The quantitative estimate of drug-likeness (QED) is 0.316.